The maximum atomic E-state index is 12.4. The minimum Gasteiger partial charge on any atom is -0.396 e. The van der Waals surface area contributed by atoms with Gasteiger partial charge in [0.15, 0.2) is 0 Å². The fraction of sp³-hybridized carbons (Fsp3) is 0.409. The summed E-state index contributed by atoms with van der Waals surface area (Å²) in [6.45, 7) is 11.0. The topological polar surface area (TPSA) is 40.5 Å². The van der Waals surface area contributed by atoms with Gasteiger partial charge in [0.1, 0.15) is 0 Å². The fourth-order valence-electron chi connectivity index (χ4n) is 2.55. The average molecular weight is 341 g/mol. The summed E-state index contributed by atoms with van der Waals surface area (Å²) in [5.41, 5.74) is 3.85. The van der Waals surface area contributed by atoms with E-state index < -0.39 is 0 Å². The van der Waals surface area contributed by atoms with Gasteiger partial charge in [0, 0.05) is 23.8 Å². The van der Waals surface area contributed by atoms with Crippen molar-refractivity contribution in [2.75, 3.05) is 11.5 Å². The number of fused-ring (bicyclic) bond motifs is 1. The molecule has 0 spiro atoms. The number of carbonyl (C=O) groups is 1. The molecule has 0 bridgehead atoms. The van der Waals surface area contributed by atoms with Gasteiger partial charge in [-0.1, -0.05) is 71.4 Å². The SMILES string of the molecule is CC.CC(CO)c1ccc(N2Cc3ccccc3C2=O)cc1.CCC. The number of anilines is 1. The van der Waals surface area contributed by atoms with E-state index in [-0.39, 0.29) is 18.4 Å². The zero-order valence-electron chi connectivity index (χ0n) is 16.1. The van der Waals surface area contributed by atoms with Crippen LogP contribution >= 0.6 is 0 Å². The number of aliphatic hydroxyl groups is 1. The molecule has 3 nitrogen and oxygen atoms in total. The number of hydrogen-bond acceptors (Lipinski definition) is 2. The molecule has 2 aromatic rings. The van der Waals surface area contributed by atoms with E-state index in [4.69, 9.17) is 5.11 Å². The molecule has 1 aliphatic rings. The second-order valence-corrected chi connectivity index (χ2v) is 5.93. The van der Waals surface area contributed by atoms with Gasteiger partial charge in [0.2, 0.25) is 0 Å². The molecule has 1 N–H and O–H groups in total. The van der Waals surface area contributed by atoms with Gasteiger partial charge in [-0.2, -0.15) is 0 Å². The van der Waals surface area contributed by atoms with Crippen LogP contribution in [0.2, 0.25) is 0 Å². The Balaban J connectivity index is 0.000000567. The van der Waals surface area contributed by atoms with Crippen LogP contribution < -0.4 is 4.90 Å². The fourth-order valence-corrected chi connectivity index (χ4v) is 2.55. The van der Waals surface area contributed by atoms with Crippen LogP contribution in [-0.4, -0.2) is 17.6 Å². The third-order valence-electron chi connectivity index (χ3n) is 3.87. The van der Waals surface area contributed by atoms with Crippen LogP contribution in [0.5, 0.6) is 0 Å². The van der Waals surface area contributed by atoms with Crippen molar-refractivity contribution in [1.82, 2.24) is 0 Å². The molecule has 1 aliphatic heterocycles. The lowest BCUT2D eigenvalue weighted by molar-refractivity contribution is 0.0996. The lowest BCUT2D eigenvalue weighted by atomic mass is 10.0. The summed E-state index contributed by atoms with van der Waals surface area (Å²) < 4.78 is 0. The molecule has 0 aromatic heterocycles. The van der Waals surface area contributed by atoms with Gasteiger partial charge in [0.25, 0.3) is 5.91 Å². The molecular weight excluding hydrogens is 310 g/mol. The smallest absolute Gasteiger partial charge is 0.258 e. The Bertz CT molecular complexity index is 649. The van der Waals surface area contributed by atoms with E-state index in [0.29, 0.717) is 6.54 Å². The Morgan fingerprint density at radius 2 is 1.60 bits per heavy atom. The lowest BCUT2D eigenvalue weighted by Gasteiger charge is -2.17. The number of rotatable bonds is 3. The van der Waals surface area contributed by atoms with Crippen molar-refractivity contribution in [2.45, 2.75) is 53.5 Å². The summed E-state index contributed by atoms with van der Waals surface area (Å²) in [5, 5.41) is 9.16. The highest BCUT2D eigenvalue weighted by Crippen LogP contribution is 2.29. The van der Waals surface area contributed by atoms with Gasteiger partial charge in [-0.05, 0) is 29.3 Å². The van der Waals surface area contributed by atoms with E-state index >= 15 is 0 Å². The normalized spacial score (nSPS) is 13.2. The highest BCUT2D eigenvalue weighted by Gasteiger charge is 2.27. The van der Waals surface area contributed by atoms with E-state index in [1.54, 1.807) is 4.90 Å². The quantitative estimate of drug-likeness (QED) is 0.813. The molecule has 3 heteroatoms. The third-order valence-corrected chi connectivity index (χ3v) is 3.87. The predicted octanol–water partition coefficient (Wildman–Crippen LogP) is 5.39. The Hall–Kier alpha value is -2.13. The molecule has 0 fully saturated rings. The Labute approximate surface area is 152 Å². The predicted molar refractivity (Wildman–Crippen MR) is 106 cm³/mol. The van der Waals surface area contributed by atoms with Gasteiger partial charge >= 0.3 is 0 Å². The molecule has 1 unspecified atom stereocenters. The summed E-state index contributed by atoms with van der Waals surface area (Å²) in [6.07, 6.45) is 1.25. The number of hydrogen-bond donors (Lipinski definition) is 1. The summed E-state index contributed by atoms with van der Waals surface area (Å²) in [4.78, 5) is 14.1. The van der Waals surface area contributed by atoms with Crippen LogP contribution in [-0.2, 0) is 6.54 Å². The van der Waals surface area contributed by atoms with Crippen molar-refractivity contribution in [3.05, 3.63) is 65.2 Å². The molecule has 0 saturated heterocycles. The minimum atomic E-state index is 0.0588. The highest BCUT2D eigenvalue weighted by molar-refractivity contribution is 6.09. The van der Waals surface area contributed by atoms with Crippen LogP contribution in [0, 0.1) is 0 Å². The number of nitrogens with zero attached hydrogens (tertiary/aromatic N) is 1. The van der Waals surface area contributed by atoms with Crippen LogP contribution in [0.1, 0.15) is 68.4 Å². The minimum absolute atomic E-state index is 0.0588. The van der Waals surface area contributed by atoms with Crippen LogP contribution in [0.4, 0.5) is 5.69 Å². The molecule has 2 aromatic carbocycles. The average Bonchev–Trinajstić information content (AvgIpc) is 3.00. The summed E-state index contributed by atoms with van der Waals surface area (Å²) in [7, 11) is 0. The second kappa shape index (κ2) is 10.7. The lowest BCUT2D eigenvalue weighted by Crippen LogP contribution is -2.22. The molecule has 25 heavy (non-hydrogen) atoms. The first-order chi connectivity index (χ1) is 12.1. The van der Waals surface area contributed by atoms with E-state index in [1.807, 2.05) is 69.3 Å². The number of carbonyl (C=O) groups excluding carboxylic acids is 1. The number of amides is 1. The maximum absolute atomic E-state index is 12.4. The zero-order valence-corrected chi connectivity index (χ0v) is 16.1. The molecule has 1 amide bonds. The van der Waals surface area contributed by atoms with Crippen molar-refractivity contribution >= 4 is 11.6 Å². The monoisotopic (exact) mass is 341 g/mol. The molecule has 3 rings (SSSR count). The van der Waals surface area contributed by atoms with Gasteiger partial charge in [0.05, 0.1) is 6.54 Å². The summed E-state index contributed by atoms with van der Waals surface area (Å²) in [5.74, 6) is 0.180. The molecule has 0 saturated carbocycles. The van der Waals surface area contributed by atoms with Crippen LogP contribution in [0.15, 0.2) is 48.5 Å². The van der Waals surface area contributed by atoms with Crippen molar-refractivity contribution in [1.29, 1.82) is 0 Å². The molecule has 0 aliphatic carbocycles. The van der Waals surface area contributed by atoms with Crippen molar-refractivity contribution < 1.29 is 9.90 Å². The highest BCUT2D eigenvalue weighted by atomic mass is 16.3. The molecule has 1 heterocycles. The Morgan fingerprint density at radius 3 is 2.12 bits per heavy atom. The number of aliphatic hydroxyl groups excluding tert-OH is 1. The van der Waals surface area contributed by atoms with Crippen molar-refractivity contribution in [2.24, 2.45) is 0 Å². The van der Waals surface area contributed by atoms with Crippen LogP contribution in [0.3, 0.4) is 0 Å². The Kier molecular flexibility index (Phi) is 8.93. The van der Waals surface area contributed by atoms with E-state index in [9.17, 15) is 4.79 Å². The largest absolute Gasteiger partial charge is 0.396 e. The first kappa shape index (κ1) is 20.9. The summed E-state index contributed by atoms with van der Waals surface area (Å²) in [6, 6.07) is 15.6. The maximum Gasteiger partial charge on any atom is 0.258 e. The van der Waals surface area contributed by atoms with Crippen molar-refractivity contribution in [3.8, 4) is 0 Å². The first-order valence-corrected chi connectivity index (χ1v) is 9.22. The van der Waals surface area contributed by atoms with E-state index in [2.05, 4.69) is 13.8 Å². The number of benzene rings is 2. The Morgan fingerprint density at radius 1 is 1.04 bits per heavy atom. The van der Waals surface area contributed by atoms with E-state index in [1.165, 1.54) is 6.42 Å². The first-order valence-electron chi connectivity index (χ1n) is 9.22. The van der Waals surface area contributed by atoms with E-state index in [0.717, 1.165) is 22.4 Å². The van der Waals surface area contributed by atoms with Gasteiger partial charge in [-0.15, -0.1) is 0 Å². The third kappa shape index (κ3) is 5.17. The standard InChI is InChI=1S/C17H17NO2.C3H8.C2H6/c1-12(11-19)13-6-8-15(9-7-13)18-10-14-4-2-3-5-16(14)17(18)20;1-3-2;1-2/h2-9,12,19H,10-11H2,1H3;3H2,1-2H3;1-2H3. The second-order valence-electron chi connectivity index (χ2n) is 5.93. The summed E-state index contributed by atoms with van der Waals surface area (Å²) >= 11 is 0. The molecule has 136 valence electrons. The molecule has 0 radical (unpaired) electrons. The van der Waals surface area contributed by atoms with Crippen molar-refractivity contribution in [3.63, 3.8) is 0 Å². The van der Waals surface area contributed by atoms with Gasteiger partial charge in [-0.3, -0.25) is 4.79 Å². The van der Waals surface area contributed by atoms with Gasteiger partial charge in [-0.25, -0.2) is 0 Å². The molecule has 1 atom stereocenters. The van der Waals surface area contributed by atoms with Gasteiger partial charge < -0.3 is 10.0 Å². The zero-order chi connectivity index (χ0) is 18.8. The molecular formula is C22H31NO2. The van der Waals surface area contributed by atoms with Crippen LogP contribution in [0.25, 0.3) is 0 Å².